The molecule has 0 saturated heterocycles. The molecule has 4 nitrogen and oxygen atoms in total. The fourth-order valence-corrected chi connectivity index (χ4v) is 3.65. The Balaban J connectivity index is 3.21. The van der Waals surface area contributed by atoms with Crippen molar-refractivity contribution in [3.05, 3.63) is 28.3 Å². The Labute approximate surface area is 135 Å². The molecule has 1 rings (SSSR count). The predicted molar refractivity (Wildman–Crippen MR) is 85.7 cm³/mol. The molecule has 1 N–H and O–H groups in total. The second-order valence-corrected chi connectivity index (χ2v) is 8.54. The van der Waals surface area contributed by atoms with Gasteiger partial charge >= 0.3 is 0 Å². The van der Waals surface area contributed by atoms with E-state index in [1.54, 1.807) is 13.0 Å². The number of benzene rings is 1. The Morgan fingerprint density at radius 1 is 1.33 bits per heavy atom. The van der Waals surface area contributed by atoms with E-state index < -0.39 is 9.05 Å². The topological polar surface area (TPSA) is 63.2 Å². The van der Waals surface area contributed by atoms with Gasteiger partial charge in [0.25, 0.3) is 15.0 Å². The summed E-state index contributed by atoms with van der Waals surface area (Å²) in [5, 5.41) is 2.92. The Kier molecular flexibility index (Phi) is 5.69. The van der Waals surface area contributed by atoms with Crippen LogP contribution in [0.3, 0.4) is 0 Å². The van der Waals surface area contributed by atoms with Crippen molar-refractivity contribution in [1.29, 1.82) is 0 Å². The molecular weight excluding hydrogens is 333 g/mol. The van der Waals surface area contributed by atoms with Crippen LogP contribution in [-0.2, 0) is 9.05 Å². The predicted octanol–water partition coefficient (Wildman–Crippen LogP) is 3.88. The molecule has 0 aliphatic rings. The number of hydrogen-bond acceptors (Lipinski definition) is 3. The Hall–Kier alpha value is -0.780. The van der Waals surface area contributed by atoms with Crippen molar-refractivity contribution in [1.82, 2.24) is 5.32 Å². The minimum Gasteiger partial charge on any atom is -0.347 e. The van der Waals surface area contributed by atoms with Crippen LogP contribution in [-0.4, -0.2) is 19.9 Å². The molecule has 0 atom stereocenters. The molecule has 0 radical (unpaired) electrons. The van der Waals surface area contributed by atoms with Gasteiger partial charge in [0, 0.05) is 21.8 Å². The van der Waals surface area contributed by atoms with Crippen molar-refractivity contribution >= 4 is 37.2 Å². The molecule has 0 unspecified atom stereocenters. The van der Waals surface area contributed by atoms with Gasteiger partial charge in [-0.25, -0.2) is 8.42 Å². The number of carbonyl (C=O) groups excluding carboxylic acids is 1. The average molecular weight is 352 g/mol. The summed E-state index contributed by atoms with van der Waals surface area (Å²) in [6, 6.07) is 2.75. The maximum absolute atomic E-state index is 12.3. The largest absolute Gasteiger partial charge is 0.347 e. The zero-order valence-electron chi connectivity index (χ0n) is 12.5. The summed E-state index contributed by atoms with van der Waals surface area (Å²) in [7, 11) is 1.35. The second-order valence-electron chi connectivity index (χ2n) is 5.63. The number of halogens is 2. The van der Waals surface area contributed by atoms with Gasteiger partial charge in [-0.05, 0) is 44.9 Å². The van der Waals surface area contributed by atoms with Gasteiger partial charge in [0.1, 0.15) is 4.90 Å². The molecule has 7 heteroatoms. The highest BCUT2D eigenvalue weighted by molar-refractivity contribution is 8.13. The third-order valence-electron chi connectivity index (χ3n) is 3.07. The molecule has 0 aromatic heterocycles. The molecule has 0 aliphatic heterocycles. The summed E-state index contributed by atoms with van der Waals surface area (Å²) < 4.78 is 23.0. The van der Waals surface area contributed by atoms with Crippen LogP contribution in [0.25, 0.3) is 0 Å². The van der Waals surface area contributed by atoms with Gasteiger partial charge in [0.2, 0.25) is 0 Å². The van der Waals surface area contributed by atoms with E-state index in [-0.39, 0.29) is 26.9 Å². The SMILES string of the molecule is CCCC(C)(C)NC(=O)c1cc(C)c(Cl)c(S(=O)(=O)Cl)c1. The average Bonchev–Trinajstić information content (AvgIpc) is 2.29. The van der Waals surface area contributed by atoms with Gasteiger partial charge in [-0.1, -0.05) is 24.9 Å². The van der Waals surface area contributed by atoms with Crippen LogP contribution in [0.1, 0.15) is 49.5 Å². The van der Waals surface area contributed by atoms with Crippen LogP contribution >= 0.6 is 22.3 Å². The zero-order chi connectivity index (χ0) is 16.4. The molecule has 0 bridgehead atoms. The first-order valence-electron chi connectivity index (χ1n) is 6.55. The van der Waals surface area contributed by atoms with Crippen molar-refractivity contribution in [3.63, 3.8) is 0 Å². The number of amides is 1. The van der Waals surface area contributed by atoms with Crippen LogP contribution in [0.5, 0.6) is 0 Å². The van der Waals surface area contributed by atoms with E-state index >= 15 is 0 Å². The highest BCUT2D eigenvalue weighted by atomic mass is 35.7. The summed E-state index contributed by atoms with van der Waals surface area (Å²) >= 11 is 5.94. The maximum Gasteiger partial charge on any atom is 0.262 e. The molecule has 0 heterocycles. The lowest BCUT2D eigenvalue weighted by molar-refractivity contribution is 0.0908. The fraction of sp³-hybridized carbons (Fsp3) is 0.500. The molecule has 118 valence electrons. The van der Waals surface area contributed by atoms with Crippen molar-refractivity contribution in [3.8, 4) is 0 Å². The minimum absolute atomic E-state index is 0.0365. The maximum atomic E-state index is 12.3. The molecule has 0 fully saturated rings. The molecule has 1 aromatic rings. The number of carbonyl (C=O) groups is 1. The van der Waals surface area contributed by atoms with Gasteiger partial charge in [-0.3, -0.25) is 4.79 Å². The quantitative estimate of drug-likeness (QED) is 0.818. The highest BCUT2D eigenvalue weighted by Crippen LogP contribution is 2.29. The summed E-state index contributed by atoms with van der Waals surface area (Å²) in [6.07, 6.45) is 1.74. The molecule has 1 amide bonds. The van der Waals surface area contributed by atoms with Crippen LogP contribution < -0.4 is 5.32 Å². The van der Waals surface area contributed by atoms with E-state index in [0.29, 0.717) is 5.56 Å². The smallest absolute Gasteiger partial charge is 0.262 e. The van der Waals surface area contributed by atoms with Crippen molar-refractivity contribution in [2.24, 2.45) is 0 Å². The summed E-state index contributed by atoms with van der Waals surface area (Å²) in [4.78, 5) is 12.0. The van der Waals surface area contributed by atoms with Gasteiger partial charge in [-0.15, -0.1) is 0 Å². The van der Waals surface area contributed by atoms with Gasteiger partial charge in [-0.2, -0.15) is 0 Å². The zero-order valence-corrected chi connectivity index (χ0v) is 14.8. The van der Waals surface area contributed by atoms with Gasteiger partial charge < -0.3 is 5.32 Å². The van der Waals surface area contributed by atoms with E-state index in [2.05, 4.69) is 5.32 Å². The minimum atomic E-state index is -4.01. The van der Waals surface area contributed by atoms with Crippen LogP contribution in [0.15, 0.2) is 17.0 Å². The first-order valence-corrected chi connectivity index (χ1v) is 9.24. The Morgan fingerprint density at radius 2 is 1.90 bits per heavy atom. The van der Waals surface area contributed by atoms with Crippen LogP contribution in [0.4, 0.5) is 0 Å². The first-order chi connectivity index (χ1) is 9.48. The lowest BCUT2D eigenvalue weighted by atomic mass is 9.98. The normalized spacial score (nSPS) is 12.3. The van der Waals surface area contributed by atoms with Crippen LogP contribution in [0, 0.1) is 6.92 Å². The Bertz CT molecular complexity index is 654. The number of hydrogen-bond donors (Lipinski definition) is 1. The second kappa shape index (κ2) is 6.55. The molecule has 0 saturated carbocycles. The molecule has 1 aromatic carbocycles. The summed E-state index contributed by atoms with van der Waals surface area (Å²) in [5.74, 6) is -0.352. The number of nitrogens with one attached hydrogen (secondary N) is 1. The third-order valence-corrected chi connectivity index (χ3v) is 5.03. The molecular formula is C14H19Cl2NO3S. The third kappa shape index (κ3) is 4.87. The van der Waals surface area contributed by atoms with Gasteiger partial charge in [0.15, 0.2) is 0 Å². The number of rotatable bonds is 5. The lowest BCUT2D eigenvalue weighted by Gasteiger charge is -2.26. The monoisotopic (exact) mass is 351 g/mol. The van der Waals surface area contributed by atoms with E-state index in [4.69, 9.17) is 22.3 Å². The van der Waals surface area contributed by atoms with E-state index in [0.717, 1.165) is 12.8 Å². The van der Waals surface area contributed by atoms with E-state index in [9.17, 15) is 13.2 Å². The fourth-order valence-electron chi connectivity index (χ4n) is 2.11. The van der Waals surface area contributed by atoms with Crippen molar-refractivity contribution < 1.29 is 13.2 Å². The van der Waals surface area contributed by atoms with Crippen molar-refractivity contribution in [2.75, 3.05) is 0 Å². The number of aryl methyl sites for hydroxylation is 1. The van der Waals surface area contributed by atoms with Crippen molar-refractivity contribution in [2.45, 2.75) is 51.0 Å². The lowest BCUT2D eigenvalue weighted by Crippen LogP contribution is -2.43. The molecule has 0 spiro atoms. The summed E-state index contributed by atoms with van der Waals surface area (Å²) in [6.45, 7) is 7.48. The van der Waals surface area contributed by atoms with E-state index in [1.807, 2.05) is 20.8 Å². The highest BCUT2D eigenvalue weighted by Gasteiger charge is 2.23. The van der Waals surface area contributed by atoms with Gasteiger partial charge in [0.05, 0.1) is 5.02 Å². The van der Waals surface area contributed by atoms with Crippen LogP contribution in [0.2, 0.25) is 5.02 Å². The molecule has 0 aliphatic carbocycles. The molecule has 21 heavy (non-hydrogen) atoms. The Morgan fingerprint density at radius 3 is 2.38 bits per heavy atom. The van der Waals surface area contributed by atoms with E-state index in [1.165, 1.54) is 6.07 Å². The first kappa shape index (κ1) is 18.3. The summed E-state index contributed by atoms with van der Waals surface area (Å²) in [5.41, 5.74) is 0.330. The standard InChI is InChI=1S/C14H19Cl2NO3S/c1-5-6-14(3,4)17-13(18)10-7-9(2)12(15)11(8-10)21(16,19)20/h7-8H,5-6H2,1-4H3,(H,17,18).